The Kier molecular flexibility index (Phi) is 4.80. The van der Waals surface area contributed by atoms with E-state index in [1.54, 1.807) is 12.3 Å². The molecule has 2 rings (SSSR count). The number of anilines is 1. The van der Waals surface area contributed by atoms with Crippen molar-refractivity contribution in [3.63, 3.8) is 0 Å². The third-order valence-electron chi connectivity index (χ3n) is 3.81. The summed E-state index contributed by atoms with van der Waals surface area (Å²) in [4.78, 5) is 16.3. The summed E-state index contributed by atoms with van der Waals surface area (Å²) in [5.74, 6) is 0.680. The maximum Gasteiger partial charge on any atom is 0.255 e. The van der Waals surface area contributed by atoms with E-state index in [9.17, 15) is 4.79 Å². The van der Waals surface area contributed by atoms with E-state index in [0.717, 1.165) is 10.9 Å². The van der Waals surface area contributed by atoms with Gasteiger partial charge >= 0.3 is 0 Å². The zero-order valence-corrected chi connectivity index (χ0v) is 12.7. The highest BCUT2D eigenvalue weighted by Gasteiger charge is 2.23. The first kappa shape index (κ1) is 14.3. The van der Waals surface area contributed by atoms with Crippen LogP contribution >= 0.6 is 15.9 Å². The number of rotatable bonds is 2. The molecular weight excluding hydrogens is 306 g/mol. The molecule has 3 N–H and O–H groups in total. The molecule has 0 aromatic carbocycles. The highest BCUT2D eigenvalue weighted by atomic mass is 79.9. The molecule has 1 heterocycles. The summed E-state index contributed by atoms with van der Waals surface area (Å²) < 4.78 is 0.765. The van der Waals surface area contributed by atoms with Crippen LogP contribution in [0, 0.1) is 5.92 Å². The monoisotopic (exact) mass is 325 g/mol. The molecule has 1 aliphatic rings. The second-order valence-corrected chi connectivity index (χ2v) is 6.20. The smallest absolute Gasteiger partial charge is 0.255 e. The van der Waals surface area contributed by atoms with Crippen molar-refractivity contribution in [2.45, 2.75) is 45.1 Å². The van der Waals surface area contributed by atoms with Gasteiger partial charge in [-0.05, 0) is 40.8 Å². The summed E-state index contributed by atoms with van der Waals surface area (Å²) >= 11 is 3.32. The Morgan fingerprint density at radius 3 is 2.95 bits per heavy atom. The van der Waals surface area contributed by atoms with Crippen molar-refractivity contribution < 1.29 is 4.79 Å². The van der Waals surface area contributed by atoms with Crippen LogP contribution in [0.3, 0.4) is 0 Å². The Balaban J connectivity index is 2.09. The number of hydrogen-bond acceptors (Lipinski definition) is 3. The van der Waals surface area contributed by atoms with Crippen LogP contribution in [0.25, 0.3) is 0 Å². The predicted molar refractivity (Wildman–Crippen MR) is 79.9 cm³/mol. The fourth-order valence-corrected chi connectivity index (χ4v) is 2.92. The molecule has 0 saturated heterocycles. The normalized spacial score (nSPS) is 23.7. The van der Waals surface area contributed by atoms with Crippen molar-refractivity contribution in [1.82, 2.24) is 10.3 Å². The largest absolute Gasteiger partial charge is 0.383 e. The molecule has 1 aromatic heterocycles. The lowest BCUT2D eigenvalue weighted by Gasteiger charge is -2.23. The minimum atomic E-state index is -0.120. The number of carbonyl (C=O) groups excluding carboxylic acids is 1. The van der Waals surface area contributed by atoms with Crippen LogP contribution in [-0.4, -0.2) is 16.9 Å². The van der Waals surface area contributed by atoms with Crippen molar-refractivity contribution in [3.8, 4) is 0 Å². The fourth-order valence-electron chi connectivity index (χ4n) is 2.59. The molecular formula is C14H20BrN3O. The van der Waals surface area contributed by atoms with Crippen molar-refractivity contribution in [2.24, 2.45) is 5.92 Å². The molecule has 5 heteroatoms. The summed E-state index contributed by atoms with van der Waals surface area (Å²) in [6.45, 7) is 2.21. The average Bonchev–Trinajstić information content (AvgIpc) is 2.58. The molecule has 4 nitrogen and oxygen atoms in total. The molecule has 2 atom stereocenters. The number of nitrogens with one attached hydrogen (secondary N) is 1. The third kappa shape index (κ3) is 3.69. The number of carbonyl (C=O) groups is 1. The Hall–Kier alpha value is -1.10. The van der Waals surface area contributed by atoms with Gasteiger partial charge in [0.1, 0.15) is 5.82 Å². The summed E-state index contributed by atoms with van der Waals surface area (Å²) in [5, 5.41) is 3.11. The lowest BCUT2D eigenvalue weighted by Crippen LogP contribution is -2.39. The number of nitrogen functional groups attached to an aromatic ring is 1. The number of nitrogens with two attached hydrogens (primary N) is 1. The highest BCUT2D eigenvalue weighted by Crippen LogP contribution is 2.24. The Morgan fingerprint density at radius 1 is 1.42 bits per heavy atom. The number of hydrogen-bond donors (Lipinski definition) is 2. The molecule has 1 amide bonds. The van der Waals surface area contributed by atoms with Crippen LogP contribution in [-0.2, 0) is 0 Å². The van der Waals surface area contributed by atoms with Crippen molar-refractivity contribution in [2.75, 3.05) is 5.73 Å². The molecule has 19 heavy (non-hydrogen) atoms. The van der Waals surface area contributed by atoms with Crippen LogP contribution in [0.2, 0.25) is 0 Å². The number of aromatic nitrogens is 1. The zero-order chi connectivity index (χ0) is 13.8. The first-order valence-electron chi connectivity index (χ1n) is 6.80. The van der Waals surface area contributed by atoms with E-state index in [4.69, 9.17) is 5.73 Å². The predicted octanol–water partition coefficient (Wildman–Crippen LogP) is 3.12. The maximum absolute atomic E-state index is 12.3. The molecule has 0 radical (unpaired) electrons. The number of halogens is 1. The summed E-state index contributed by atoms with van der Waals surface area (Å²) in [6, 6.07) is 1.97. The number of pyridine rings is 1. The minimum Gasteiger partial charge on any atom is -0.383 e. The van der Waals surface area contributed by atoms with Crippen LogP contribution in [0.5, 0.6) is 0 Å². The first-order chi connectivity index (χ1) is 9.08. The number of nitrogens with zero attached hydrogens (tertiary/aromatic N) is 1. The van der Waals surface area contributed by atoms with Gasteiger partial charge < -0.3 is 11.1 Å². The second-order valence-electron chi connectivity index (χ2n) is 5.28. The number of amides is 1. The topological polar surface area (TPSA) is 68.0 Å². The molecule has 1 aliphatic carbocycles. The van der Waals surface area contributed by atoms with E-state index in [-0.39, 0.29) is 17.8 Å². The minimum absolute atomic E-state index is 0.120. The third-order valence-corrected chi connectivity index (χ3v) is 4.24. The van der Waals surface area contributed by atoms with E-state index in [1.807, 2.05) is 0 Å². The SMILES string of the molecule is CC1CCCCCC1NC(=O)c1cc(Br)cnc1N. The van der Waals surface area contributed by atoms with E-state index < -0.39 is 0 Å². The summed E-state index contributed by atoms with van der Waals surface area (Å²) in [7, 11) is 0. The van der Waals surface area contributed by atoms with Crippen molar-refractivity contribution >= 4 is 27.7 Å². The molecule has 0 bridgehead atoms. The van der Waals surface area contributed by atoms with E-state index >= 15 is 0 Å². The van der Waals surface area contributed by atoms with Gasteiger partial charge in [0, 0.05) is 16.7 Å². The molecule has 0 aliphatic heterocycles. The Labute approximate surface area is 122 Å². The quantitative estimate of drug-likeness (QED) is 0.821. The van der Waals surface area contributed by atoms with Crippen molar-refractivity contribution in [1.29, 1.82) is 0 Å². The standard InChI is InChI=1S/C14H20BrN3O/c1-9-5-3-2-4-6-12(9)18-14(19)11-7-10(15)8-17-13(11)16/h7-9,12H,2-6H2,1H3,(H2,16,17)(H,18,19). The van der Waals surface area contributed by atoms with Crippen LogP contribution < -0.4 is 11.1 Å². The second kappa shape index (κ2) is 6.37. The van der Waals surface area contributed by atoms with Gasteiger partial charge in [0.15, 0.2) is 0 Å². The van der Waals surface area contributed by atoms with E-state index in [0.29, 0.717) is 11.5 Å². The van der Waals surface area contributed by atoms with Crippen molar-refractivity contribution in [3.05, 3.63) is 22.3 Å². The summed E-state index contributed by atoms with van der Waals surface area (Å²) in [6.07, 6.45) is 7.53. The lowest BCUT2D eigenvalue weighted by molar-refractivity contribution is 0.0922. The summed E-state index contributed by atoms with van der Waals surface area (Å²) in [5.41, 5.74) is 6.22. The average molecular weight is 326 g/mol. The van der Waals surface area contributed by atoms with Gasteiger partial charge in [0.2, 0.25) is 0 Å². The van der Waals surface area contributed by atoms with Gasteiger partial charge in [-0.1, -0.05) is 26.2 Å². The Morgan fingerprint density at radius 2 is 2.16 bits per heavy atom. The van der Waals surface area contributed by atoms with Crippen LogP contribution in [0.1, 0.15) is 49.4 Å². The fraction of sp³-hybridized carbons (Fsp3) is 0.571. The van der Waals surface area contributed by atoms with Gasteiger partial charge in [-0.15, -0.1) is 0 Å². The maximum atomic E-state index is 12.3. The van der Waals surface area contributed by atoms with Gasteiger partial charge in [-0.25, -0.2) is 4.98 Å². The van der Waals surface area contributed by atoms with E-state index in [2.05, 4.69) is 33.2 Å². The van der Waals surface area contributed by atoms with Gasteiger partial charge in [0.05, 0.1) is 5.56 Å². The molecule has 2 unspecified atom stereocenters. The Bertz CT molecular complexity index is 464. The van der Waals surface area contributed by atoms with Crippen LogP contribution in [0.4, 0.5) is 5.82 Å². The highest BCUT2D eigenvalue weighted by molar-refractivity contribution is 9.10. The lowest BCUT2D eigenvalue weighted by atomic mass is 9.96. The molecule has 1 fully saturated rings. The zero-order valence-electron chi connectivity index (χ0n) is 11.2. The van der Waals surface area contributed by atoms with Crippen LogP contribution in [0.15, 0.2) is 16.7 Å². The van der Waals surface area contributed by atoms with E-state index in [1.165, 1.54) is 25.7 Å². The molecule has 1 aromatic rings. The molecule has 0 spiro atoms. The first-order valence-corrected chi connectivity index (χ1v) is 7.59. The molecule has 1 saturated carbocycles. The molecule has 104 valence electrons. The van der Waals surface area contributed by atoms with Gasteiger partial charge in [0.25, 0.3) is 5.91 Å². The van der Waals surface area contributed by atoms with Gasteiger partial charge in [-0.3, -0.25) is 4.79 Å². The van der Waals surface area contributed by atoms with Gasteiger partial charge in [-0.2, -0.15) is 0 Å².